The lowest BCUT2D eigenvalue weighted by Crippen LogP contribution is -2.48. The van der Waals surface area contributed by atoms with Gasteiger partial charge in [0.15, 0.2) is 22.8 Å². The van der Waals surface area contributed by atoms with Gasteiger partial charge in [-0.1, -0.05) is 113 Å². The average molecular weight is 1730 g/mol. The number of piperidine rings is 2. The minimum Gasteiger partial charge on any atom is -0.476 e. The fourth-order valence-corrected chi connectivity index (χ4v) is 14.3. The molecule has 113 heavy (non-hydrogen) atoms. The molecule has 29 nitrogen and oxygen atoms in total. The highest BCUT2D eigenvalue weighted by molar-refractivity contribution is 6.43. The van der Waals surface area contributed by atoms with Crippen LogP contribution in [-0.4, -0.2) is 157 Å². The predicted octanol–water partition coefficient (Wildman–Crippen LogP) is 17.6. The lowest BCUT2D eigenvalue weighted by atomic mass is 9.71. The molecule has 7 amide bonds. The number of urea groups is 3. The van der Waals surface area contributed by atoms with E-state index in [0.717, 1.165) is 75.8 Å². The predicted molar refractivity (Wildman–Crippen MR) is 425 cm³/mol. The number of hydrogen-bond donors (Lipinski definition) is 4. The number of aromatic nitrogens is 5. The first-order valence-electron chi connectivity index (χ1n) is 35.4. The zero-order valence-corrected chi connectivity index (χ0v) is 67.4. The number of nitrogens with one attached hydrogen (secondary N) is 3. The maximum Gasteiger partial charge on any atom is 0.360 e. The van der Waals surface area contributed by atoms with Gasteiger partial charge in [0.2, 0.25) is 6.08 Å². The number of aromatic carboxylic acids is 1. The molecule has 5 aromatic heterocycles. The molecule has 0 unspecified atom stereocenters. The number of ether oxygens (including phenoxy) is 2. The van der Waals surface area contributed by atoms with Crippen LogP contribution in [0.25, 0.3) is 0 Å². The molecular formula is C75H73Cl9N14O15. The number of benzene rings is 4. The van der Waals surface area contributed by atoms with Gasteiger partial charge in [-0.2, -0.15) is 4.99 Å². The van der Waals surface area contributed by atoms with Gasteiger partial charge >= 0.3 is 36.0 Å². The summed E-state index contributed by atoms with van der Waals surface area (Å²) in [6, 6.07) is 22.3. The Morgan fingerprint density at radius 2 is 0.850 bits per heavy atom. The second-order valence-corrected chi connectivity index (χ2v) is 29.4. The van der Waals surface area contributed by atoms with Crippen LogP contribution in [0.15, 0.2) is 120 Å². The molecule has 1 spiro atoms. The van der Waals surface area contributed by atoms with E-state index in [-0.39, 0.29) is 85.4 Å². The van der Waals surface area contributed by atoms with Crippen LogP contribution in [0.5, 0.6) is 0 Å². The van der Waals surface area contributed by atoms with E-state index in [1.807, 2.05) is 17.3 Å². The number of carboxylic acid groups (broad SMARTS) is 1. The third-order valence-electron chi connectivity index (χ3n) is 19.2. The van der Waals surface area contributed by atoms with Crippen LogP contribution in [0.3, 0.4) is 0 Å². The number of isocyanates is 1. The molecule has 0 saturated carbocycles. The quantitative estimate of drug-likeness (QED) is 0.0531. The van der Waals surface area contributed by atoms with Gasteiger partial charge in [-0.15, -0.1) is 12.4 Å². The summed E-state index contributed by atoms with van der Waals surface area (Å²) >= 11 is 46.9. The van der Waals surface area contributed by atoms with Crippen molar-refractivity contribution in [3.63, 3.8) is 0 Å². The zero-order valence-electron chi connectivity index (χ0n) is 60.5. The van der Waals surface area contributed by atoms with Gasteiger partial charge in [-0.05, 0) is 149 Å². The summed E-state index contributed by atoms with van der Waals surface area (Å²) in [6.07, 6.45) is 14.7. The molecule has 4 N–H and O–H groups in total. The Morgan fingerprint density at radius 1 is 0.469 bits per heavy atom. The van der Waals surface area contributed by atoms with E-state index in [1.165, 1.54) is 22.7 Å². The van der Waals surface area contributed by atoms with E-state index in [1.54, 1.807) is 90.4 Å². The summed E-state index contributed by atoms with van der Waals surface area (Å²) in [5.74, 6) is 0.423. The number of nitrogens with zero attached hydrogens (tertiary/aromatic N) is 11. The number of carbonyl (C=O) groups is 7. The van der Waals surface area contributed by atoms with E-state index in [4.69, 9.17) is 125 Å². The molecule has 38 heteroatoms. The molecule has 9 aromatic rings. The van der Waals surface area contributed by atoms with E-state index in [2.05, 4.69) is 63.6 Å². The van der Waals surface area contributed by atoms with Crippen LogP contribution in [-0.2, 0) is 66.0 Å². The van der Waals surface area contributed by atoms with Crippen molar-refractivity contribution in [2.45, 2.75) is 104 Å². The van der Waals surface area contributed by atoms with Gasteiger partial charge in [-0.25, -0.2) is 33.6 Å². The topological polar surface area (TPSA) is 357 Å². The van der Waals surface area contributed by atoms with E-state index in [9.17, 15) is 38.4 Å². The second-order valence-electron chi connectivity index (χ2n) is 26.2. The Morgan fingerprint density at radius 3 is 1.27 bits per heavy atom. The summed E-state index contributed by atoms with van der Waals surface area (Å²) in [7, 11) is 0. The molecule has 596 valence electrons. The van der Waals surface area contributed by atoms with Crippen LogP contribution < -0.4 is 20.9 Å². The molecular weight excluding hydrogens is 1660 g/mol. The molecule has 15 rings (SSSR count). The Balaban J connectivity index is 0.000000160. The lowest BCUT2D eigenvalue weighted by Gasteiger charge is -2.47. The number of fused-ring (bicyclic) bond motifs is 4. The third kappa shape index (κ3) is 21.8. The highest BCUT2D eigenvalue weighted by Gasteiger charge is 2.41. The van der Waals surface area contributed by atoms with E-state index in [0.29, 0.717) is 167 Å². The number of anilines is 4. The third-order valence-corrected chi connectivity index (χ3v) is 22.1. The molecule has 0 radical (unpaired) electrons. The maximum absolute atomic E-state index is 13.5. The fraction of sp³-hybridized carbons (Fsp3) is 0.347. The van der Waals surface area contributed by atoms with Crippen molar-refractivity contribution < 1.29 is 71.0 Å². The van der Waals surface area contributed by atoms with Crippen molar-refractivity contribution >= 4 is 182 Å². The molecule has 6 aliphatic rings. The van der Waals surface area contributed by atoms with Gasteiger partial charge in [0.1, 0.15) is 23.0 Å². The summed E-state index contributed by atoms with van der Waals surface area (Å²) in [6.45, 7) is 9.45. The number of esters is 2. The lowest BCUT2D eigenvalue weighted by molar-refractivity contribution is 0.0499. The minimum absolute atomic E-state index is 0. The van der Waals surface area contributed by atoms with Crippen molar-refractivity contribution in [1.29, 1.82) is 0 Å². The minimum atomic E-state index is -1.18. The number of rotatable bonds is 11. The SMILES string of the molecule is CCOC(=O)c1noc2c1CCCC2.CCOC(=O)c1noc2c1CN(C(=O)Nc1ccc(Cl)c(Cl)c1)CC2.Cl.O=C(Nc1ccc(Cl)c(Cl)c1)N1CCc2onc(C(=O)N3CCC4(CC3)CCN(c3ccncc3)CC4)c2C1.O=C(O)c1noc2c1CN(C(=O)Nc1ccc(Cl)c(Cl)c1)CC2.O=C=Nc1ccc(Cl)c(Cl)c1. The smallest absolute Gasteiger partial charge is 0.360 e. The molecule has 0 atom stereocenters. The molecule has 10 heterocycles. The standard InChI is InChI=1S/C28H30Cl2N6O3.C16H15Cl2N3O4.C14H11Cl2N3O4.C10H13NO3.C7H3Cl2NO.ClH/c29-22-2-1-19(17-23(22)30)32-27(38)36-12-5-24-21(18-36)25(33-39-24)26(37)35-15-8-28(9-16-35)6-13-34(14-7-28)20-3-10-31-11-4-20;1-2-24-15(22)14-10-8-21(6-5-13(10)25-20-14)16(23)19-9-3-4-11(17)12(18)7-9;15-9-2-1-7(5-10(9)16)17-14(22)19-4-3-11-8(6-19)12(13(20)21)18-23-11;1-2-13-10(12)9-7-5-3-4-6-8(7)14-11-9;8-6-2-1-5(10-4-11)3-7(6)9;/h1-4,10-11,17H,5-9,12-16,18H2,(H,32,38);3-4,7H,2,5-6,8H2,1H3,(H,19,23);1-2,5H,3-4,6H2,(H,17,22)(H,20,21);2-6H2,1H3;1-3H;1H. The summed E-state index contributed by atoms with van der Waals surface area (Å²) in [4.78, 5) is 112. The highest BCUT2D eigenvalue weighted by atomic mass is 35.5. The molecule has 2 saturated heterocycles. The molecule has 4 aromatic carbocycles. The van der Waals surface area contributed by atoms with Gasteiger partial charge in [-0.3, -0.25) is 9.78 Å². The van der Waals surface area contributed by atoms with Gasteiger partial charge in [0.05, 0.1) is 78.7 Å². The van der Waals surface area contributed by atoms with Crippen LogP contribution in [0.1, 0.15) is 140 Å². The van der Waals surface area contributed by atoms with Crippen molar-refractivity contribution in [3.05, 3.63) is 206 Å². The largest absolute Gasteiger partial charge is 0.476 e. The average Bonchev–Trinajstić information content (AvgIpc) is 1.33. The van der Waals surface area contributed by atoms with Crippen molar-refractivity contribution in [2.75, 3.05) is 79.9 Å². The molecule has 1 aliphatic carbocycles. The number of carbonyl (C=O) groups excluding carboxylic acids is 7. The van der Waals surface area contributed by atoms with Crippen LogP contribution >= 0.6 is 105 Å². The van der Waals surface area contributed by atoms with Gasteiger partial charge in [0, 0.05) is 129 Å². The number of aryl methyl sites for hydroxylation is 1. The Hall–Kier alpha value is -9.65. The second kappa shape index (κ2) is 39.9. The number of halogens is 9. The summed E-state index contributed by atoms with van der Waals surface area (Å²) < 4.78 is 30.7. The van der Waals surface area contributed by atoms with Gasteiger partial charge in [0.25, 0.3) is 5.91 Å². The van der Waals surface area contributed by atoms with Crippen LogP contribution in [0.4, 0.5) is 42.8 Å². The number of pyridine rings is 1. The zero-order chi connectivity index (χ0) is 79.8. The number of carboxylic acids is 1. The number of hydrogen-bond acceptors (Lipinski definition) is 21. The molecule has 5 aliphatic heterocycles. The highest BCUT2D eigenvalue weighted by Crippen LogP contribution is 2.43. The van der Waals surface area contributed by atoms with Crippen molar-refractivity contribution in [2.24, 2.45) is 10.4 Å². The fourth-order valence-electron chi connectivity index (χ4n) is 13.2. The van der Waals surface area contributed by atoms with E-state index < -0.39 is 11.9 Å². The number of amides is 7. The molecule has 2 fully saturated rings. The number of likely N-dealkylation sites (tertiary alicyclic amines) is 1. The Labute approximate surface area is 693 Å². The van der Waals surface area contributed by atoms with Crippen LogP contribution in [0, 0.1) is 5.41 Å². The molecule has 0 bridgehead atoms. The van der Waals surface area contributed by atoms with Gasteiger partial charge < -0.3 is 73.1 Å². The van der Waals surface area contributed by atoms with Crippen LogP contribution in [0.2, 0.25) is 40.2 Å². The number of aliphatic imine (C=N–C) groups is 1. The van der Waals surface area contributed by atoms with E-state index >= 15 is 0 Å². The van der Waals surface area contributed by atoms with Crippen molar-refractivity contribution in [3.8, 4) is 0 Å². The summed E-state index contributed by atoms with van der Waals surface area (Å²) in [5.41, 5.74) is 6.84. The monoisotopic (exact) mass is 1720 g/mol. The first-order chi connectivity index (χ1) is 53.9. The first kappa shape index (κ1) is 85.8. The van der Waals surface area contributed by atoms with Crippen molar-refractivity contribution in [1.82, 2.24) is 45.2 Å². The Bertz CT molecular complexity index is 4980. The summed E-state index contributed by atoms with van der Waals surface area (Å²) in [5, 5.41) is 35.7. The maximum atomic E-state index is 13.5. The normalized spacial score (nSPS) is 14.9. The first-order valence-corrected chi connectivity index (χ1v) is 38.4. The Kier molecular flexibility index (Phi) is 30.3.